The molecule has 1 aromatic heterocycles. The lowest BCUT2D eigenvalue weighted by molar-refractivity contribution is 0.0904. The van der Waals surface area contributed by atoms with E-state index in [-0.39, 0.29) is 11.9 Å². The van der Waals surface area contributed by atoms with E-state index in [4.69, 9.17) is 0 Å². The molecule has 4 rings (SSSR count). The van der Waals surface area contributed by atoms with Crippen LogP contribution in [0.3, 0.4) is 0 Å². The molecule has 5 heteroatoms. The number of nitrogens with one attached hydrogen (secondary N) is 1. The summed E-state index contributed by atoms with van der Waals surface area (Å²) in [6.45, 7) is 2.99. The first-order chi connectivity index (χ1) is 13.3. The van der Waals surface area contributed by atoms with Gasteiger partial charge < -0.3 is 5.32 Å². The highest BCUT2D eigenvalue weighted by molar-refractivity contribution is 7.13. The number of thiazole rings is 1. The molecule has 1 aliphatic rings. The monoisotopic (exact) mass is 377 g/mol. The third kappa shape index (κ3) is 4.62. The maximum Gasteiger partial charge on any atom is 0.270 e. The Morgan fingerprint density at radius 2 is 1.70 bits per heavy atom. The van der Waals surface area contributed by atoms with Gasteiger partial charge in [0, 0.05) is 36.6 Å². The van der Waals surface area contributed by atoms with Crippen LogP contribution in [-0.4, -0.2) is 34.9 Å². The summed E-state index contributed by atoms with van der Waals surface area (Å²) in [5.74, 6) is -0.0602. The minimum absolute atomic E-state index is 0.0602. The molecule has 0 unspecified atom stereocenters. The molecule has 0 bridgehead atoms. The minimum atomic E-state index is -0.0602. The number of hydrogen-bond acceptors (Lipinski definition) is 4. The van der Waals surface area contributed by atoms with Crippen molar-refractivity contribution >= 4 is 17.2 Å². The van der Waals surface area contributed by atoms with E-state index in [1.807, 2.05) is 41.8 Å². The fourth-order valence-corrected chi connectivity index (χ4v) is 4.23. The number of amides is 1. The van der Waals surface area contributed by atoms with Gasteiger partial charge in [-0.1, -0.05) is 60.7 Å². The lowest BCUT2D eigenvalue weighted by Crippen LogP contribution is -2.44. The van der Waals surface area contributed by atoms with Crippen molar-refractivity contribution < 1.29 is 4.79 Å². The first kappa shape index (κ1) is 17.9. The number of carbonyl (C=O) groups is 1. The van der Waals surface area contributed by atoms with Crippen molar-refractivity contribution in [3.8, 4) is 10.6 Å². The number of rotatable bonds is 5. The van der Waals surface area contributed by atoms with E-state index >= 15 is 0 Å². The van der Waals surface area contributed by atoms with Crippen molar-refractivity contribution in [2.24, 2.45) is 0 Å². The fraction of sp³-hybridized carbons (Fsp3) is 0.273. The van der Waals surface area contributed by atoms with Crippen LogP contribution in [0.1, 0.15) is 28.9 Å². The lowest BCUT2D eigenvalue weighted by atomic mass is 10.0. The van der Waals surface area contributed by atoms with Crippen molar-refractivity contribution in [1.29, 1.82) is 0 Å². The van der Waals surface area contributed by atoms with E-state index < -0.39 is 0 Å². The van der Waals surface area contributed by atoms with Crippen molar-refractivity contribution in [1.82, 2.24) is 15.2 Å². The van der Waals surface area contributed by atoms with Crippen molar-refractivity contribution in [3.05, 3.63) is 77.3 Å². The van der Waals surface area contributed by atoms with E-state index in [2.05, 4.69) is 39.5 Å². The Hall–Kier alpha value is -2.50. The summed E-state index contributed by atoms with van der Waals surface area (Å²) in [5, 5.41) is 5.90. The molecule has 27 heavy (non-hydrogen) atoms. The third-order valence-corrected chi connectivity index (χ3v) is 5.82. The van der Waals surface area contributed by atoms with E-state index in [1.54, 1.807) is 0 Å². The second-order valence-corrected chi connectivity index (χ2v) is 7.77. The fourth-order valence-electron chi connectivity index (χ4n) is 3.43. The highest BCUT2D eigenvalue weighted by Crippen LogP contribution is 2.23. The highest BCUT2D eigenvalue weighted by atomic mass is 32.1. The van der Waals surface area contributed by atoms with E-state index in [1.165, 1.54) is 16.9 Å². The summed E-state index contributed by atoms with van der Waals surface area (Å²) in [4.78, 5) is 19.5. The summed E-state index contributed by atoms with van der Waals surface area (Å²) in [6, 6.07) is 20.8. The Morgan fingerprint density at radius 3 is 2.41 bits per heavy atom. The average Bonchev–Trinajstić information content (AvgIpc) is 3.21. The Balaban J connectivity index is 1.29. The molecule has 1 fully saturated rings. The third-order valence-electron chi connectivity index (χ3n) is 4.93. The molecule has 1 amide bonds. The standard InChI is InChI=1S/C22H23N3OS/c26-21(20-16-27-22(24-20)18-9-5-2-6-10-18)23-19-11-13-25(14-12-19)15-17-7-3-1-4-8-17/h1-10,16,19H,11-15H2,(H,23,26). The summed E-state index contributed by atoms with van der Waals surface area (Å²) >= 11 is 1.51. The second kappa shape index (κ2) is 8.46. The molecule has 1 saturated heterocycles. The summed E-state index contributed by atoms with van der Waals surface area (Å²) in [5.41, 5.74) is 2.91. The topological polar surface area (TPSA) is 45.2 Å². The van der Waals surface area contributed by atoms with Gasteiger partial charge in [0.15, 0.2) is 0 Å². The molecule has 4 nitrogen and oxygen atoms in total. The molecule has 1 aliphatic heterocycles. The summed E-state index contributed by atoms with van der Waals surface area (Å²) in [6.07, 6.45) is 1.96. The summed E-state index contributed by atoms with van der Waals surface area (Å²) in [7, 11) is 0. The zero-order chi connectivity index (χ0) is 18.5. The van der Waals surface area contributed by atoms with Crippen LogP contribution in [0.25, 0.3) is 10.6 Å². The quantitative estimate of drug-likeness (QED) is 0.725. The van der Waals surface area contributed by atoms with Gasteiger partial charge >= 0.3 is 0 Å². The van der Waals surface area contributed by atoms with E-state index in [0.717, 1.165) is 43.0 Å². The van der Waals surface area contributed by atoms with Gasteiger partial charge in [0.1, 0.15) is 10.7 Å². The molecule has 0 spiro atoms. The molecular formula is C22H23N3OS. The SMILES string of the molecule is O=C(NC1CCN(Cc2ccccc2)CC1)c1csc(-c2ccccc2)n1. The van der Waals surface area contributed by atoms with Crippen molar-refractivity contribution in [2.45, 2.75) is 25.4 Å². The predicted molar refractivity (Wildman–Crippen MR) is 110 cm³/mol. The molecule has 0 saturated carbocycles. The van der Waals surface area contributed by atoms with Gasteiger partial charge in [0.2, 0.25) is 0 Å². The van der Waals surface area contributed by atoms with Crippen LogP contribution in [-0.2, 0) is 6.54 Å². The van der Waals surface area contributed by atoms with Crippen LogP contribution in [0, 0.1) is 0 Å². The Kier molecular flexibility index (Phi) is 5.61. The van der Waals surface area contributed by atoms with Gasteiger partial charge in [-0.25, -0.2) is 4.98 Å². The zero-order valence-corrected chi connectivity index (χ0v) is 16.0. The van der Waals surface area contributed by atoms with Crippen LogP contribution in [0.4, 0.5) is 0 Å². The average molecular weight is 378 g/mol. The number of hydrogen-bond donors (Lipinski definition) is 1. The van der Waals surface area contributed by atoms with Gasteiger partial charge in [0.25, 0.3) is 5.91 Å². The Bertz CT molecular complexity index is 871. The molecule has 1 N–H and O–H groups in total. The number of piperidine rings is 1. The van der Waals surface area contributed by atoms with E-state index in [0.29, 0.717) is 5.69 Å². The number of aromatic nitrogens is 1. The molecule has 3 aromatic rings. The molecule has 2 aromatic carbocycles. The van der Waals surface area contributed by atoms with Crippen molar-refractivity contribution in [2.75, 3.05) is 13.1 Å². The largest absolute Gasteiger partial charge is 0.348 e. The molecule has 0 atom stereocenters. The van der Waals surface area contributed by atoms with Crippen LogP contribution in [0.2, 0.25) is 0 Å². The number of carbonyl (C=O) groups excluding carboxylic acids is 1. The number of nitrogens with zero attached hydrogens (tertiary/aromatic N) is 2. The van der Waals surface area contributed by atoms with Crippen LogP contribution < -0.4 is 5.32 Å². The van der Waals surface area contributed by atoms with Crippen LogP contribution in [0.15, 0.2) is 66.0 Å². The molecule has 0 radical (unpaired) electrons. The van der Waals surface area contributed by atoms with Crippen molar-refractivity contribution in [3.63, 3.8) is 0 Å². The van der Waals surface area contributed by atoms with Gasteiger partial charge in [-0.2, -0.15) is 0 Å². The number of likely N-dealkylation sites (tertiary alicyclic amines) is 1. The smallest absolute Gasteiger partial charge is 0.270 e. The molecule has 138 valence electrons. The van der Waals surface area contributed by atoms with Crippen LogP contribution >= 0.6 is 11.3 Å². The minimum Gasteiger partial charge on any atom is -0.348 e. The molecule has 2 heterocycles. The van der Waals surface area contributed by atoms with E-state index in [9.17, 15) is 4.79 Å². The molecule has 0 aliphatic carbocycles. The van der Waals surface area contributed by atoms with Crippen LogP contribution in [0.5, 0.6) is 0 Å². The Labute approximate surface area is 163 Å². The zero-order valence-electron chi connectivity index (χ0n) is 15.2. The number of benzene rings is 2. The maximum absolute atomic E-state index is 12.5. The van der Waals surface area contributed by atoms with Gasteiger partial charge in [-0.05, 0) is 18.4 Å². The first-order valence-electron chi connectivity index (χ1n) is 9.36. The lowest BCUT2D eigenvalue weighted by Gasteiger charge is -2.32. The highest BCUT2D eigenvalue weighted by Gasteiger charge is 2.22. The van der Waals surface area contributed by atoms with Gasteiger partial charge in [-0.15, -0.1) is 11.3 Å². The maximum atomic E-state index is 12.5. The van der Waals surface area contributed by atoms with Gasteiger partial charge in [0.05, 0.1) is 0 Å². The normalized spacial score (nSPS) is 15.6. The second-order valence-electron chi connectivity index (χ2n) is 6.91. The first-order valence-corrected chi connectivity index (χ1v) is 10.2. The Morgan fingerprint density at radius 1 is 1.04 bits per heavy atom. The summed E-state index contributed by atoms with van der Waals surface area (Å²) < 4.78 is 0. The predicted octanol–water partition coefficient (Wildman–Crippen LogP) is 4.20. The molecular weight excluding hydrogens is 354 g/mol. The van der Waals surface area contributed by atoms with Gasteiger partial charge in [-0.3, -0.25) is 9.69 Å².